The van der Waals surface area contributed by atoms with Crippen LogP contribution in [0.2, 0.25) is 0 Å². The van der Waals surface area contributed by atoms with Crippen LogP contribution in [0, 0.1) is 10.1 Å². The summed E-state index contributed by atoms with van der Waals surface area (Å²) in [5, 5.41) is 27.9. The third-order valence-corrected chi connectivity index (χ3v) is 5.43. The Hall–Kier alpha value is -4.42. The van der Waals surface area contributed by atoms with Gasteiger partial charge in [0.25, 0.3) is 5.69 Å². The number of hydrogen-bond acceptors (Lipinski definition) is 11. The lowest BCUT2D eigenvalue weighted by Gasteiger charge is -2.24. The first-order valence-corrected chi connectivity index (χ1v) is 11.7. The lowest BCUT2D eigenvalue weighted by Crippen LogP contribution is -2.30. The second-order valence-corrected chi connectivity index (χ2v) is 7.86. The lowest BCUT2D eigenvalue weighted by atomic mass is 10.2. The zero-order chi connectivity index (χ0) is 27.3. The van der Waals surface area contributed by atoms with E-state index in [1.807, 2.05) is 24.3 Å². The minimum Gasteiger partial charge on any atom is -0.494 e. The summed E-state index contributed by atoms with van der Waals surface area (Å²) in [6.45, 7) is 2.70. The zero-order valence-electron chi connectivity index (χ0n) is 21.7. The fourth-order valence-electron chi connectivity index (χ4n) is 3.39. The van der Waals surface area contributed by atoms with E-state index in [1.165, 1.54) is 38.5 Å². The van der Waals surface area contributed by atoms with Crippen molar-refractivity contribution in [1.82, 2.24) is 0 Å². The molecular weight excluding hydrogens is 492 g/mol. The van der Waals surface area contributed by atoms with Gasteiger partial charge in [0.05, 0.1) is 43.7 Å². The molecule has 3 aromatic rings. The smallest absolute Gasteiger partial charge is 0.269 e. The molecule has 0 amide bonds. The Bertz CT molecular complexity index is 1240. The van der Waals surface area contributed by atoms with Crippen LogP contribution in [0.1, 0.15) is 0 Å². The summed E-state index contributed by atoms with van der Waals surface area (Å²) >= 11 is 0. The molecule has 0 heterocycles. The molecule has 0 saturated carbocycles. The number of non-ortho nitro benzene ring substituents is 1. The van der Waals surface area contributed by atoms with Gasteiger partial charge in [-0.1, -0.05) is 0 Å². The molecule has 200 valence electrons. The molecule has 0 atom stereocenters. The molecule has 0 bridgehead atoms. The number of nitro benzene ring substituents is 1. The number of methoxy groups -OCH3 is 4. The normalized spacial score (nSPS) is 11.3. The predicted molar refractivity (Wildman–Crippen MR) is 143 cm³/mol. The van der Waals surface area contributed by atoms with E-state index in [-0.39, 0.29) is 5.69 Å². The quantitative estimate of drug-likeness (QED) is 0.133. The summed E-state index contributed by atoms with van der Waals surface area (Å²) in [4.78, 5) is 12.5. The molecule has 38 heavy (non-hydrogen) atoms. The molecule has 0 radical (unpaired) electrons. The van der Waals surface area contributed by atoms with Gasteiger partial charge < -0.3 is 23.8 Å². The average Bonchev–Trinajstić information content (AvgIpc) is 2.95. The third-order valence-electron chi connectivity index (χ3n) is 5.43. The zero-order valence-corrected chi connectivity index (χ0v) is 21.7. The van der Waals surface area contributed by atoms with E-state index in [0.29, 0.717) is 47.5 Å². The molecule has 12 heteroatoms. The molecular formula is C26H30N6O6. The van der Waals surface area contributed by atoms with Gasteiger partial charge in [0, 0.05) is 57.3 Å². The highest BCUT2D eigenvalue weighted by Crippen LogP contribution is 2.41. The van der Waals surface area contributed by atoms with E-state index in [2.05, 4.69) is 25.4 Å². The van der Waals surface area contributed by atoms with Crippen molar-refractivity contribution >= 4 is 34.1 Å². The van der Waals surface area contributed by atoms with Crippen molar-refractivity contribution in [3.05, 3.63) is 70.8 Å². The maximum atomic E-state index is 10.8. The van der Waals surface area contributed by atoms with Gasteiger partial charge in [-0.15, -0.1) is 10.2 Å². The summed E-state index contributed by atoms with van der Waals surface area (Å²) in [7, 11) is 6.37. The number of anilines is 1. The third kappa shape index (κ3) is 7.79. The molecule has 0 unspecified atom stereocenters. The number of ether oxygens (including phenoxy) is 4. The summed E-state index contributed by atoms with van der Waals surface area (Å²) in [5.74, 6) is 0.835. The number of azo groups is 2. The minimum absolute atomic E-state index is 0.0259. The highest BCUT2D eigenvalue weighted by molar-refractivity contribution is 5.66. The van der Waals surface area contributed by atoms with Gasteiger partial charge in [0.1, 0.15) is 22.9 Å². The van der Waals surface area contributed by atoms with Crippen LogP contribution in [0.4, 0.5) is 34.1 Å². The number of hydrogen-bond donors (Lipinski definition) is 0. The maximum absolute atomic E-state index is 10.8. The average molecular weight is 523 g/mol. The van der Waals surface area contributed by atoms with E-state index in [0.717, 1.165) is 18.8 Å². The number of benzene rings is 3. The number of nitrogens with zero attached hydrogens (tertiary/aromatic N) is 6. The summed E-state index contributed by atoms with van der Waals surface area (Å²) in [6.07, 6.45) is 0. The second kappa shape index (κ2) is 14.4. The van der Waals surface area contributed by atoms with Gasteiger partial charge in [0.15, 0.2) is 0 Å². The first kappa shape index (κ1) is 28.2. The highest BCUT2D eigenvalue weighted by Gasteiger charge is 2.12. The largest absolute Gasteiger partial charge is 0.494 e. The monoisotopic (exact) mass is 522 g/mol. The van der Waals surface area contributed by atoms with Crippen LogP contribution in [0.3, 0.4) is 0 Å². The Balaban J connectivity index is 1.79. The Morgan fingerprint density at radius 3 is 1.55 bits per heavy atom. The van der Waals surface area contributed by atoms with Crippen molar-refractivity contribution in [3.8, 4) is 11.5 Å². The minimum atomic E-state index is -0.475. The standard InChI is InChI=1S/C26H30N6O6/c1-35-15-13-31(14-16-36-2)21-9-5-19(6-10-21)27-29-23-17-26(38-4)24(18-25(23)37-3)30-28-20-7-11-22(12-8-20)32(33)34/h5-12,17-18H,13-16H2,1-4H3. The molecule has 0 aliphatic heterocycles. The molecule has 0 fully saturated rings. The molecule has 0 saturated heterocycles. The molecule has 0 aliphatic carbocycles. The van der Waals surface area contributed by atoms with Crippen LogP contribution in [0.15, 0.2) is 81.1 Å². The van der Waals surface area contributed by atoms with Crippen molar-refractivity contribution in [1.29, 1.82) is 0 Å². The van der Waals surface area contributed by atoms with Gasteiger partial charge in [-0.25, -0.2) is 0 Å². The fraction of sp³-hybridized carbons (Fsp3) is 0.308. The van der Waals surface area contributed by atoms with Crippen LogP contribution in [0.25, 0.3) is 0 Å². The topological polar surface area (TPSA) is 133 Å². The van der Waals surface area contributed by atoms with E-state index >= 15 is 0 Å². The van der Waals surface area contributed by atoms with Crippen LogP contribution >= 0.6 is 0 Å². The number of rotatable bonds is 14. The molecule has 0 N–H and O–H groups in total. The fourth-order valence-corrected chi connectivity index (χ4v) is 3.39. The Morgan fingerprint density at radius 2 is 1.16 bits per heavy atom. The van der Waals surface area contributed by atoms with Crippen LogP contribution in [-0.2, 0) is 9.47 Å². The van der Waals surface area contributed by atoms with Gasteiger partial charge >= 0.3 is 0 Å². The van der Waals surface area contributed by atoms with E-state index < -0.39 is 4.92 Å². The van der Waals surface area contributed by atoms with Crippen molar-refractivity contribution in [2.75, 3.05) is 59.6 Å². The first-order valence-electron chi connectivity index (χ1n) is 11.7. The summed E-state index contributed by atoms with van der Waals surface area (Å²) in [5.41, 5.74) is 2.96. The summed E-state index contributed by atoms with van der Waals surface area (Å²) in [6, 6.07) is 16.7. The molecule has 3 aromatic carbocycles. The van der Waals surface area contributed by atoms with Crippen LogP contribution < -0.4 is 14.4 Å². The van der Waals surface area contributed by atoms with Gasteiger partial charge in [-0.05, 0) is 36.4 Å². The molecule has 0 aromatic heterocycles. The van der Waals surface area contributed by atoms with Crippen molar-refractivity contribution in [3.63, 3.8) is 0 Å². The summed E-state index contributed by atoms with van der Waals surface area (Å²) < 4.78 is 21.4. The maximum Gasteiger partial charge on any atom is 0.269 e. The SMILES string of the molecule is COCCN(CCOC)c1ccc(N=Nc2cc(OC)c(N=Nc3ccc([N+](=O)[O-])cc3)cc2OC)cc1. The molecule has 12 nitrogen and oxygen atoms in total. The Kier molecular flexibility index (Phi) is 10.6. The van der Waals surface area contributed by atoms with Crippen LogP contribution in [-0.4, -0.2) is 59.7 Å². The van der Waals surface area contributed by atoms with Gasteiger partial charge in [-0.2, -0.15) is 10.2 Å². The van der Waals surface area contributed by atoms with Gasteiger partial charge in [0.2, 0.25) is 0 Å². The first-order chi connectivity index (χ1) is 18.5. The van der Waals surface area contributed by atoms with Crippen molar-refractivity contribution in [2.45, 2.75) is 0 Å². The second-order valence-electron chi connectivity index (χ2n) is 7.86. The molecule has 0 spiro atoms. The van der Waals surface area contributed by atoms with Crippen LogP contribution in [0.5, 0.6) is 11.5 Å². The highest BCUT2D eigenvalue weighted by atomic mass is 16.6. The predicted octanol–water partition coefficient (Wildman–Crippen LogP) is 6.54. The van der Waals surface area contributed by atoms with Crippen molar-refractivity contribution in [2.24, 2.45) is 20.5 Å². The number of nitro groups is 1. The Morgan fingerprint density at radius 1 is 0.711 bits per heavy atom. The van der Waals surface area contributed by atoms with Gasteiger partial charge in [-0.3, -0.25) is 10.1 Å². The molecule has 0 aliphatic rings. The van der Waals surface area contributed by atoms with E-state index in [1.54, 1.807) is 26.4 Å². The van der Waals surface area contributed by atoms with Crippen molar-refractivity contribution < 1.29 is 23.9 Å². The lowest BCUT2D eigenvalue weighted by molar-refractivity contribution is -0.384. The Labute approximate surface area is 220 Å². The molecule has 3 rings (SSSR count). The van der Waals surface area contributed by atoms with E-state index in [4.69, 9.17) is 18.9 Å². The van der Waals surface area contributed by atoms with E-state index in [9.17, 15) is 10.1 Å².